The Labute approximate surface area is 225 Å². The molecular weight excluding hydrogens is 531 g/mol. The molecule has 2 aliphatic rings. The molecule has 1 aliphatic heterocycles. The lowest BCUT2D eigenvalue weighted by Gasteiger charge is -2.19. The van der Waals surface area contributed by atoms with E-state index in [1.54, 1.807) is 30.8 Å². The van der Waals surface area contributed by atoms with Crippen LogP contribution in [0.5, 0.6) is 0 Å². The van der Waals surface area contributed by atoms with E-state index in [0.29, 0.717) is 45.3 Å². The number of rotatable bonds is 4. The van der Waals surface area contributed by atoms with E-state index in [0.717, 1.165) is 24.6 Å². The molecular formula is C29H23F5N4O2. The van der Waals surface area contributed by atoms with Crippen LogP contribution in [0.4, 0.5) is 27.6 Å². The SMILES string of the molecule is Cc1ccc(F)cc1C1NC(O)c2c1c(NC(=O)c1cc(F)cc(C(F)(F)F)c1)cc1c(C=C3CC3)n(C)nc21. The van der Waals surface area contributed by atoms with Gasteiger partial charge in [-0.05, 0) is 73.4 Å². The molecule has 1 aliphatic carbocycles. The van der Waals surface area contributed by atoms with Crippen LogP contribution in [0.2, 0.25) is 0 Å². The van der Waals surface area contributed by atoms with Crippen molar-refractivity contribution in [2.45, 2.75) is 38.2 Å². The first kappa shape index (κ1) is 26.1. The summed E-state index contributed by atoms with van der Waals surface area (Å²) in [5.74, 6) is -2.70. The zero-order chi connectivity index (χ0) is 28.5. The van der Waals surface area contributed by atoms with E-state index >= 15 is 0 Å². The van der Waals surface area contributed by atoms with Crippen molar-refractivity contribution < 1.29 is 31.9 Å². The number of halogens is 5. The first-order valence-electron chi connectivity index (χ1n) is 12.5. The third kappa shape index (κ3) is 4.54. The van der Waals surface area contributed by atoms with Crippen molar-refractivity contribution in [3.63, 3.8) is 0 Å². The molecule has 0 bridgehead atoms. The lowest BCUT2D eigenvalue weighted by atomic mass is 9.91. The number of anilines is 1. The Morgan fingerprint density at radius 1 is 1.10 bits per heavy atom. The van der Waals surface area contributed by atoms with Gasteiger partial charge in [0.25, 0.3) is 5.91 Å². The molecule has 3 aromatic carbocycles. The number of allylic oxidation sites excluding steroid dienone is 1. The number of benzene rings is 3. The minimum Gasteiger partial charge on any atom is -0.374 e. The second kappa shape index (κ2) is 9.24. The summed E-state index contributed by atoms with van der Waals surface area (Å²) in [6, 6.07) is 6.66. The number of alkyl halides is 3. The van der Waals surface area contributed by atoms with Gasteiger partial charge in [0.2, 0.25) is 0 Å². The topological polar surface area (TPSA) is 79.2 Å². The van der Waals surface area contributed by atoms with Crippen molar-refractivity contribution in [2.24, 2.45) is 7.05 Å². The Morgan fingerprint density at radius 2 is 1.85 bits per heavy atom. The summed E-state index contributed by atoms with van der Waals surface area (Å²) in [6.07, 6.45) is -2.25. The Bertz CT molecular complexity index is 1730. The van der Waals surface area contributed by atoms with Crippen molar-refractivity contribution in [1.29, 1.82) is 0 Å². The van der Waals surface area contributed by atoms with Crippen LogP contribution in [0.1, 0.15) is 69.0 Å². The van der Waals surface area contributed by atoms with Crippen LogP contribution in [-0.4, -0.2) is 20.8 Å². The minimum atomic E-state index is -4.85. The summed E-state index contributed by atoms with van der Waals surface area (Å²) in [6.45, 7) is 1.77. The highest BCUT2D eigenvalue weighted by atomic mass is 19.4. The Hall–Kier alpha value is -4.09. The fraction of sp³-hybridized carbons (Fsp3) is 0.241. The third-order valence-corrected chi connectivity index (χ3v) is 7.31. The standard InChI is InChI=1S/C29H23F5N4O2/c1-13-3-6-17(30)11-19(13)25-23-21(35-27(39)15-8-16(29(32,33)34)10-18(31)9-15)12-20-22(7-14-4-5-14)38(2)37-26(20)24(23)28(40)36-25/h3,6-12,25,28,36,40H,4-5H2,1-2H3,(H,35,39). The van der Waals surface area contributed by atoms with Gasteiger partial charge in [0.05, 0.1) is 17.3 Å². The number of fused-ring (bicyclic) bond motifs is 3. The number of carbonyl (C=O) groups excluding carboxylic acids is 1. The van der Waals surface area contributed by atoms with E-state index in [1.165, 1.54) is 17.7 Å². The fourth-order valence-electron chi connectivity index (χ4n) is 5.23. The van der Waals surface area contributed by atoms with E-state index in [2.05, 4.69) is 15.7 Å². The molecule has 4 aromatic rings. The summed E-state index contributed by atoms with van der Waals surface area (Å²) in [5.41, 5.74) is 2.67. The Balaban J connectivity index is 1.55. The van der Waals surface area contributed by atoms with Crippen LogP contribution in [0.25, 0.3) is 17.0 Å². The normalized spacial score (nSPS) is 18.2. The van der Waals surface area contributed by atoms with Gasteiger partial charge < -0.3 is 10.4 Å². The molecule has 0 spiro atoms. The van der Waals surface area contributed by atoms with Crippen molar-refractivity contribution in [2.75, 3.05) is 5.32 Å². The lowest BCUT2D eigenvalue weighted by molar-refractivity contribution is -0.137. The van der Waals surface area contributed by atoms with Crippen molar-refractivity contribution in [1.82, 2.24) is 15.1 Å². The zero-order valence-corrected chi connectivity index (χ0v) is 21.3. The van der Waals surface area contributed by atoms with Crippen LogP contribution in [0.15, 0.2) is 48.0 Å². The van der Waals surface area contributed by atoms with Gasteiger partial charge in [0.1, 0.15) is 23.4 Å². The summed E-state index contributed by atoms with van der Waals surface area (Å²) < 4.78 is 70.0. The molecule has 11 heteroatoms. The van der Waals surface area contributed by atoms with Crippen LogP contribution in [0.3, 0.4) is 0 Å². The number of hydrogen-bond donors (Lipinski definition) is 3. The number of amides is 1. The molecule has 3 N–H and O–H groups in total. The highest BCUT2D eigenvalue weighted by Gasteiger charge is 2.38. The minimum absolute atomic E-state index is 0.173. The quantitative estimate of drug-likeness (QED) is 0.259. The van der Waals surface area contributed by atoms with Crippen molar-refractivity contribution in [3.05, 3.63) is 98.7 Å². The summed E-state index contributed by atoms with van der Waals surface area (Å²) in [4.78, 5) is 13.3. The smallest absolute Gasteiger partial charge is 0.374 e. The van der Waals surface area contributed by atoms with Gasteiger partial charge in [-0.3, -0.25) is 14.8 Å². The maximum atomic E-state index is 14.3. The number of aliphatic hydroxyl groups is 1. The Kier molecular flexibility index (Phi) is 6.04. The highest BCUT2D eigenvalue weighted by Crippen LogP contribution is 2.46. The van der Waals surface area contributed by atoms with Crippen molar-refractivity contribution >= 4 is 28.6 Å². The molecule has 2 heterocycles. The molecule has 6 nitrogen and oxygen atoms in total. The van der Waals surface area contributed by atoms with Gasteiger partial charge in [-0.2, -0.15) is 18.3 Å². The average molecular weight is 555 g/mol. The predicted octanol–water partition coefficient (Wildman–Crippen LogP) is 6.29. The molecule has 2 atom stereocenters. The fourth-order valence-corrected chi connectivity index (χ4v) is 5.23. The Morgan fingerprint density at radius 3 is 2.55 bits per heavy atom. The molecule has 2 unspecified atom stereocenters. The van der Waals surface area contributed by atoms with Crippen LogP contribution >= 0.6 is 0 Å². The molecule has 1 saturated carbocycles. The van der Waals surface area contributed by atoms with Crippen LogP contribution < -0.4 is 10.6 Å². The number of aliphatic hydroxyl groups excluding tert-OH is 1. The molecule has 0 radical (unpaired) electrons. The van der Waals surface area contributed by atoms with E-state index < -0.39 is 47.1 Å². The number of aromatic nitrogens is 2. The van der Waals surface area contributed by atoms with Gasteiger partial charge >= 0.3 is 6.18 Å². The molecule has 40 heavy (non-hydrogen) atoms. The highest BCUT2D eigenvalue weighted by molar-refractivity contribution is 6.07. The summed E-state index contributed by atoms with van der Waals surface area (Å²) in [5, 5.41) is 22.0. The maximum Gasteiger partial charge on any atom is 0.416 e. The molecule has 206 valence electrons. The van der Waals surface area contributed by atoms with Crippen LogP contribution in [-0.2, 0) is 13.2 Å². The van der Waals surface area contributed by atoms with E-state index in [-0.39, 0.29) is 5.69 Å². The lowest BCUT2D eigenvalue weighted by Crippen LogP contribution is -2.20. The van der Waals surface area contributed by atoms with Gasteiger partial charge in [0, 0.05) is 34.8 Å². The number of carbonyl (C=O) groups is 1. The molecule has 1 amide bonds. The second-order valence-corrected chi connectivity index (χ2v) is 10.1. The number of hydrogen-bond acceptors (Lipinski definition) is 4. The van der Waals surface area contributed by atoms with Gasteiger partial charge in [-0.1, -0.05) is 11.6 Å². The molecule has 6 rings (SSSR count). The average Bonchev–Trinajstić information content (AvgIpc) is 3.57. The van der Waals surface area contributed by atoms with Gasteiger partial charge in [0.15, 0.2) is 0 Å². The number of nitrogens with zero attached hydrogens (tertiary/aromatic N) is 2. The first-order chi connectivity index (χ1) is 18.9. The molecule has 1 aromatic heterocycles. The second-order valence-electron chi connectivity index (χ2n) is 10.1. The predicted molar refractivity (Wildman–Crippen MR) is 138 cm³/mol. The monoisotopic (exact) mass is 554 g/mol. The summed E-state index contributed by atoms with van der Waals surface area (Å²) in [7, 11) is 1.74. The summed E-state index contributed by atoms with van der Waals surface area (Å²) >= 11 is 0. The van der Waals surface area contributed by atoms with E-state index in [4.69, 9.17) is 0 Å². The first-order valence-corrected chi connectivity index (χ1v) is 12.5. The van der Waals surface area contributed by atoms with Crippen LogP contribution in [0, 0.1) is 18.6 Å². The zero-order valence-electron chi connectivity index (χ0n) is 21.3. The number of aryl methyl sites for hydroxylation is 2. The largest absolute Gasteiger partial charge is 0.416 e. The molecule has 1 fully saturated rings. The van der Waals surface area contributed by atoms with Crippen molar-refractivity contribution in [3.8, 4) is 0 Å². The van der Waals surface area contributed by atoms with E-state index in [9.17, 15) is 31.9 Å². The third-order valence-electron chi connectivity index (χ3n) is 7.31. The maximum absolute atomic E-state index is 14.3. The number of nitrogens with one attached hydrogen (secondary N) is 2. The van der Waals surface area contributed by atoms with Gasteiger partial charge in [-0.25, -0.2) is 8.78 Å². The molecule has 0 saturated heterocycles. The van der Waals surface area contributed by atoms with E-state index in [1.807, 2.05) is 6.08 Å². The van der Waals surface area contributed by atoms with Gasteiger partial charge in [-0.15, -0.1) is 0 Å².